The first-order valence-corrected chi connectivity index (χ1v) is 8.33. The van der Waals surface area contributed by atoms with E-state index < -0.39 is 6.03 Å². The molecule has 0 spiro atoms. The van der Waals surface area contributed by atoms with Gasteiger partial charge in [-0.05, 0) is 24.1 Å². The van der Waals surface area contributed by atoms with E-state index in [9.17, 15) is 9.59 Å². The van der Waals surface area contributed by atoms with Crippen LogP contribution in [0.4, 0.5) is 10.6 Å². The number of hydrazone groups is 1. The average molecular weight is 364 g/mol. The van der Waals surface area contributed by atoms with Gasteiger partial charge in [0, 0.05) is 19.8 Å². The van der Waals surface area contributed by atoms with Gasteiger partial charge < -0.3 is 10.6 Å². The van der Waals surface area contributed by atoms with Gasteiger partial charge in [0.2, 0.25) is 0 Å². The number of carbonyl (C=O) groups is 1. The van der Waals surface area contributed by atoms with Crippen molar-refractivity contribution >= 4 is 23.7 Å². The van der Waals surface area contributed by atoms with Crippen LogP contribution in [-0.4, -0.2) is 28.7 Å². The van der Waals surface area contributed by atoms with Crippen molar-refractivity contribution < 1.29 is 4.79 Å². The Balaban J connectivity index is 2.12. The van der Waals surface area contributed by atoms with Crippen molar-refractivity contribution in [1.29, 1.82) is 0 Å². The molecule has 0 unspecified atom stereocenters. The zero-order valence-electron chi connectivity index (χ0n) is 15.1. The number of hydrogen-bond donors (Lipinski definition) is 2. The molecule has 0 aliphatic carbocycles. The van der Waals surface area contributed by atoms with Gasteiger partial charge >= 0.3 is 6.03 Å². The number of carbonyl (C=O) groups excluding carboxylic acids is 1. The second-order valence-corrected chi connectivity index (χ2v) is 6.11. The first-order chi connectivity index (χ1) is 13.0. The molecule has 3 rings (SSSR count). The number of fused-ring (bicyclic) bond motifs is 1. The Morgan fingerprint density at radius 3 is 2.74 bits per heavy atom. The first-order valence-electron chi connectivity index (χ1n) is 8.33. The summed E-state index contributed by atoms with van der Waals surface area (Å²) in [6.07, 6.45) is 2.92. The smallest absolute Gasteiger partial charge is 0.332 e. The molecule has 0 atom stereocenters. The maximum absolute atomic E-state index is 13.0. The lowest BCUT2D eigenvalue weighted by Crippen LogP contribution is -2.29. The monoisotopic (exact) mass is 364 g/mol. The molecule has 8 heteroatoms. The minimum atomic E-state index is -0.810. The van der Waals surface area contributed by atoms with E-state index in [0.717, 1.165) is 11.1 Å². The van der Waals surface area contributed by atoms with Crippen LogP contribution >= 0.6 is 0 Å². The number of nitrogens with one attached hydrogen (secondary N) is 1. The van der Waals surface area contributed by atoms with Gasteiger partial charge in [-0.2, -0.15) is 5.10 Å². The van der Waals surface area contributed by atoms with E-state index in [1.807, 2.05) is 55.3 Å². The molecule has 1 aromatic carbocycles. The Hall–Kier alpha value is -3.68. The summed E-state index contributed by atoms with van der Waals surface area (Å²) in [4.78, 5) is 30.4. The largest absolute Gasteiger partial charge is 0.355 e. The predicted octanol–water partition coefficient (Wildman–Crippen LogP) is 1.64. The Morgan fingerprint density at radius 2 is 2.04 bits per heavy atom. The van der Waals surface area contributed by atoms with E-state index in [2.05, 4.69) is 15.5 Å². The lowest BCUT2D eigenvalue weighted by molar-refractivity contribution is 0.249. The number of nitrogens with two attached hydrogens (primary N) is 1. The standard InChI is InChI=1S/C19H20N6O2/c1-13-7-6-10-25-16(13)22-17(15(18(25)26)11-21-23-19(20)27)24(2)12-14-8-4-3-5-9-14/h3-11H,12H2,1-2H3,(H3,20,23,27)/b21-11+. The molecule has 2 amide bonds. The second-order valence-electron chi connectivity index (χ2n) is 6.11. The normalized spacial score (nSPS) is 11.0. The minimum Gasteiger partial charge on any atom is -0.355 e. The molecular weight excluding hydrogens is 344 g/mol. The molecule has 0 aliphatic heterocycles. The number of primary amides is 1. The van der Waals surface area contributed by atoms with Gasteiger partial charge in [0.05, 0.1) is 6.21 Å². The van der Waals surface area contributed by atoms with E-state index in [0.29, 0.717) is 18.0 Å². The summed E-state index contributed by atoms with van der Waals surface area (Å²) in [5.41, 5.74) is 9.63. The molecule has 0 radical (unpaired) electrons. The zero-order chi connectivity index (χ0) is 19.4. The summed E-state index contributed by atoms with van der Waals surface area (Å²) in [6.45, 7) is 2.45. The molecule has 0 fully saturated rings. The summed E-state index contributed by atoms with van der Waals surface area (Å²) >= 11 is 0. The van der Waals surface area contributed by atoms with Crippen LogP contribution in [0.2, 0.25) is 0 Å². The number of pyridine rings is 1. The van der Waals surface area contributed by atoms with Gasteiger partial charge in [-0.3, -0.25) is 9.20 Å². The molecular formula is C19H20N6O2. The molecule has 8 nitrogen and oxygen atoms in total. The number of aryl methyl sites for hydroxylation is 1. The highest BCUT2D eigenvalue weighted by atomic mass is 16.2. The van der Waals surface area contributed by atoms with Crippen LogP contribution in [0.3, 0.4) is 0 Å². The van der Waals surface area contributed by atoms with Crippen molar-refractivity contribution in [2.75, 3.05) is 11.9 Å². The maximum Gasteiger partial charge on any atom is 0.332 e. The summed E-state index contributed by atoms with van der Waals surface area (Å²) in [6, 6.07) is 12.7. The fourth-order valence-corrected chi connectivity index (χ4v) is 2.80. The van der Waals surface area contributed by atoms with Crippen molar-refractivity contribution in [2.24, 2.45) is 10.8 Å². The van der Waals surface area contributed by atoms with Gasteiger partial charge in [-0.1, -0.05) is 36.4 Å². The van der Waals surface area contributed by atoms with Gasteiger partial charge in [-0.25, -0.2) is 15.2 Å². The number of nitrogens with zero attached hydrogens (tertiary/aromatic N) is 4. The molecule has 138 valence electrons. The van der Waals surface area contributed by atoms with E-state index in [4.69, 9.17) is 5.73 Å². The zero-order valence-corrected chi connectivity index (χ0v) is 15.1. The van der Waals surface area contributed by atoms with Gasteiger partial charge in [-0.15, -0.1) is 0 Å². The van der Waals surface area contributed by atoms with Crippen molar-refractivity contribution in [3.63, 3.8) is 0 Å². The summed E-state index contributed by atoms with van der Waals surface area (Å²) in [5.74, 6) is 0.466. The van der Waals surface area contributed by atoms with E-state index >= 15 is 0 Å². The average Bonchev–Trinajstić information content (AvgIpc) is 2.64. The maximum atomic E-state index is 13.0. The Bertz CT molecular complexity index is 1060. The molecule has 0 aliphatic rings. The van der Waals surface area contributed by atoms with Crippen LogP contribution in [-0.2, 0) is 6.54 Å². The van der Waals surface area contributed by atoms with Gasteiger partial charge in [0.1, 0.15) is 17.0 Å². The molecule has 3 aromatic rings. The van der Waals surface area contributed by atoms with E-state index in [1.165, 1.54) is 10.6 Å². The molecule has 0 bridgehead atoms. The minimum absolute atomic E-state index is 0.255. The molecule has 0 saturated carbocycles. The van der Waals surface area contributed by atoms with Crippen LogP contribution in [0, 0.1) is 6.92 Å². The Labute approximate surface area is 155 Å². The number of aromatic nitrogens is 2. The van der Waals surface area contributed by atoms with Crippen molar-refractivity contribution in [1.82, 2.24) is 14.8 Å². The topological polar surface area (TPSA) is 105 Å². The highest BCUT2D eigenvalue weighted by Gasteiger charge is 2.16. The highest BCUT2D eigenvalue weighted by Crippen LogP contribution is 2.17. The lowest BCUT2D eigenvalue weighted by atomic mass is 10.2. The molecule has 27 heavy (non-hydrogen) atoms. The highest BCUT2D eigenvalue weighted by molar-refractivity contribution is 5.87. The molecule has 3 N–H and O–H groups in total. The number of amides is 2. The fourth-order valence-electron chi connectivity index (χ4n) is 2.80. The van der Waals surface area contributed by atoms with Crippen molar-refractivity contribution in [2.45, 2.75) is 13.5 Å². The summed E-state index contributed by atoms with van der Waals surface area (Å²) < 4.78 is 1.46. The third kappa shape index (κ3) is 3.95. The molecule has 2 heterocycles. The van der Waals surface area contributed by atoms with E-state index in [1.54, 1.807) is 12.3 Å². The molecule has 2 aromatic heterocycles. The Kier molecular flexibility index (Phi) is 5.16. The number of benzene rings is 1. The fraction of sp³-hybridized carbons (Fsp3) is 0.158. The molecule has 0 saturated heterocycles. The van der Waals surface area contributed by atoms with Crippen molar-refractivity contribution in [3.05, 3.63) is 75.7 Å². The number of hydrogen-bond acceptors (Lipinski definition) is 5. The van der Waals surface area contributed by atoms with Crippen LogP contribution in [0.25, 0.3) is 5.65 Å². The third-order valence-corrected chi connectivity index (χ3v) is 4.06. The van der Waals surface area contributed by atoms with E-state index in [-0.39, 0.29) is 11.1 Å². The SMILES string of the molecule is Cc1cccn2c(=O)c(/C=N/NC(N)=O)c(N(C)Cc3ccccc3)nc12. The number of anilines is 1. The Morgan fingerprint density at radius 1 is 1.30 bits per heavy atom. The van der Waals surface area contributed by atoms with Crippen LogP contribution in [0.15, 0.2) is 58.6 Å². The van der Waals surface area contributed by atoms with Gasteiger partial charge in [0.25, 0.3) is 5.56 Å². The first kappa shape index (κ1) is 18.1. The predicted molar refractivity (Wildman–Crippen MR) is 105 cm³/mol. The number of urea groups is 1. The van der Waals surface area contributed by atoms with Crippen LogP contribution < -0.4 is 21.6 Å². The third-order valence-electron chi connectivity index (χ3n) is 4.06. The van der Waals surface area contributed by atoms with Crippen LogP contribution in [0.1, 0.15) is 16.7 Å². The second kappa shape index (κ2) is 7.69. The summed E-state index contributed by atoms with van der Waals surface area (Å²) in [7, 11) is 1.85. The number of rotatable bonds is 5. The lowest BCUT2D eigenvalue weighted by Gasteiger charge is -2.21. The van der Waals surface area contributed by atoms with Gasteiger partial charge in [0.15, 0.2) is 0 Å². The van der Waals surface area contributed by atoms with Crippen LogP contribution in [0.5, 0.6) is 0 Å². The summed E-state index contributed by atoms with van der Waals surface area (Å²) in [5, 5.41) is 3.75. The quantitative estimate of drug-likeness (QED) is 0.530. The van der Waals surface area contributed by atoms with Crippen molar-refractivity contribution in [3.8, 4) is 0 Å².